The van der Waals surface area contributed by atoms with E-state index in [1.54, 1.807) is 23.9 Å². The summed E-state index contributed by atoms with van der Waals surface area (Å²) in [5.74, 6) is -4.97. The maximum absolute atomic E-state index is 15.1. The van der Waals surface area contributed by atoms with E-state index in [0.29, 0.717) is 50.6 Å². The highest BCUT2D eigenvalue weighted by molar-refractivity contribution is 6.28. The number of hydrogen-bond donors (Lipinski definition) is 10. The number of likely N-dealkylation sites (N-methyl/N-ethyl adjacent to an activating group) is 2. The Bertz CT molecular complexity index is 1940. The molecule has 4 fully saturated rings. The Labute approximate surface area is 402 Å². The van der Waals surface area contributed by atoms with Gasteiger partial charge in [0, 0.05) is 40.3 Å². The van der Waals surface area contributed by atoms with Gasteiger partial charge in [0.05, 0.1) is 11.8 Å². The fourth-order valence-corrected chi connectivity index (χ4v) is 9.26. The molecule has 0 bridgehead atoms. The van der Waals surface area contributed by atoms with E-state index < -0.39 is 59.6 Å². The molecular weight excluding hydrogens is 937 g/mol. The van der Waals surface area contributed by atoms with Crippen LogP contribution in [0, 0.1) is 35.3 Å². The van der Waals surface area contributed by atoms with E-state index in [9.17, 15) is 28.8 Å². The average molecular weight is 1000 g/mol. The molecule has 2 aliphatic carbocycles. The van der Waals surface area contributed by atoms with Gasteiger partial charge in [0.1, 0.15) is 12.1 Å². The molecule has 6 rings (SSSR count). The number of likely N-dealkylation sites (tertiary alicyclic amines) is 2. The number of carbonyl (C=O) groups excluding carboxylic acids is 4. The van der Waals surface area contributed by atoms with Crippen molar-refractivity contribution in [2.24, 2.45) is 23.7 Å². The van der Waals surface area contributed by atoms with Crippen LogP contribution >= 0.6 is 23.2 Å². The van der Waals surface area contributed by atoms with Gasteiger partial charge < -0.3 is 41.3 Å². The lowest BCUT2D eigenvalue weighted by atomic mass is 9.92. The summed E-state index contributed by atoms with van der Waals surface area (Å²) in [5, 5.41) is 27.4. The number of nitrogens with one attached hydrogen (secondary N) is 8. The fourth-order valence-electron chi connectivity index (χ4n) is 8.92. The SMILES string of the molecule is CN1CCCC[C@H](Nc2nc(Cl)nc(NNC(=O)[C@@H](CNC(=O)O)CC3CCCC3)c2F)C1=O.CN1CCCC[C@H](Nc2nc(Cl)nc(NNC(=O)[C@@H](CNC(=O)O)CC3CCCC3)c2F)C1=O. The van der Waals surface area contributed by atoms with Crippen LogP contribution < -0.4 is 43.0 Å². The van der Waals surface area contributed by atoms with Crippen molar-refractivity contribution >= 4 is 82.3 Å². The van der Waals surface area contributed by atoms with Crippen LogP contribution in [-0.4, -0.2) is 128 Å². The molecule has 10 N–H and O–H groups in total. The highest BCUT2D eigenvalue weighted by Crippen LogP contribution is 2.32. The van der Waals surface area contributed by atoms with E-state index in [-0.39, 0.29) is 58.7 Å². The number of hydrazine groups is 2. The average Bonchev–Trinajstić information content (AvgIpc) is 3.98. The fraction of sp³-hybridized carbons (Fsp3) is 0.667. The van der Waals surface area contributed by atoms with E-state index in [1.165, 1.54) is 0 Å². The summed E-state index contributed by atoms with van der Waals surface area (Å²) < 4.78 is 30.2. The third-order valence-corrected chi connectivity index (χ3v) is 13.0. The van der Waals surface area contributed by atoms with Crippen LogP contribution in [0.2, 0.25) is 10.6 Å². The standard InChI is InChI=1S/2C21H31ClFN7O4/c2*1-30-9-5-4-8-14(19(30)32)25-16-15(23)17(27-20(22)26-16)28-29-18(31)13(11-24-21(33)34)10-12-6-2-3-7-12/h2*12-14,24H,2-11H2,1H3,(H,29,31)(H,33,34)(H2,25,26,27,28)/t2*13-,14+/m11/s1. The van der Waals surface area contributed by atoms with E-state index in [2.05, 4.69) is 62.9 Å². The van der Waals surface area contributed by atoms with Crippen LogP contribution in [-0.2, 0) is 19.2 Å². The van der Waals surface area contributed by atoms with Crippen molar-refractivity contribution in [1.82, 2.24) is 51.2 Å². The highest BCUT2D eigenvalue weighted by atomic mass is 35.5. The molecule has 0 radical (unpaired) electrons. The molecule has 2 saturated heterocycles. The largest absolute Gasteiger partial charge is 0.465 e. The maximum Gasteiger partial charge on any atom is 0.404 e. The van der Waals surface area contributed by atoms with Crippen LogP contribution in [0.3, 0.4) is 0 Å². The predicted octanol–water partition coefficient (Wildman–Crippen LogP) is 5.20. The lowest BCUT2D eigenvalue weighted by Gasteiger charge is -2.22. The van der Waals surface area contributed by atoms with Crippen molar-refractivity contribution in [3.05, 3.63) is 22.2 Å². The van der Waals surface area contributed by atoms with Crippen LogP contribution in [0.15, 0.2) is 0 Å². The van der Waals surface area contributed by atoms with Gasteiger partial charge in [0.2, 0.25) is 45.8 Å². The van der Waals surface area contributed by atoms with Gasteiger partial charge >= 0.3 is 12.2 Å². The predicted molar refractivity (Wildman–Crippen MR) is 248 cm³/mol. The monoisotopic (exact) mass is 998 g/mol. The first kappa shape index (κ1) is 53.2. The second kappa shape index (κ2) is 26.1. The number of nitrogens with zero attached hydrogens (tertiary/aromatic N) is 6. The minimum Gasteiger partial charge on any atom is -0.465 e. The minimum atomic E-state index is -1.22. The smallest absolute Gasteiger partial charge is 0.404 e. The summed E-state index contributed by atoms with van der Waals surface area (Å²) in [4.78, 5) is 90.9. The lowest BCUT2D eigenvalue weighted by molar-refractivity contribution is -0.130. The van der Waals surface area contributed by atoms with Crippen molar-refractivity contribution in [2.45, 2.75) is 115 Å². The van der Waals surface area contributed by atoms with Gasteiger partial charge in [-0.3, -0.25) is 40.9 Å². The molecule has 2 aromatic rings. The lowest BCUT2D eigenvalue weighted by Crippen LogP contribution is -2.42. The van der Waals surface area contributed by atoms with Gasteiger partial charge in [-0.2, -0.15) is 28.7 Å². The zero-order valence-corrected chi connectivity index (χ0v) is 39.7. The summed E-state index contributed by atoms with van der Waals surface area (Å²) in [5.41, 5.74) is 9.69. The van der Waals surface area contributed by atoms with E-state index in [1.807, 2.05) is 0 Å². The second-order valence-corrected chi connectivity index (χ2v) is 18.4. The Kier molecular flexibility index (Phi) is 20.4. The quantitative estimate of drug-likeness (QED) is 0.0678. The molecule has 4 aliphatic rings. The van der Waals surface area contributed by atoms with Crippen molar-refractivity contribution in [3.63, 3.8) is 0 Å². The van der Waals surface area contributed by atoms with Crippen molar-refractivity contribution in [2.75, 3.05) is 61.8 Å². The molecule has 376 valence electrons. The van der Waals surface area contributed by atoms with Gasteiger partial charge in [0.15, 0.2) is 23.3 Å². The number of halogens is 4. The van der Waals surface area contributed by atoms with Crippen molar-refractivity contribution < 1.29 is 47.8 Å². The molecular formula is C42H62Cl2F2N14O8. The van der Waals surface area contributed by atoms with Gasteiger partial charge in [-0.1, -0.05) is 51.4 Å². The second-order valence-electron chi connectivity index (χ2n) is 17.7. The molecule has 0 unspecified atom stereocenters. The summed E-state index contributed by atoms with van der Waals surface area (Å²) >= 11 is 11.9. The topological polar surface area (TPSA) is 297 Å². The van der Waals surface area contributed by atoms with Gasteiger partial charge in [0.25, 0.3) is 0 Å². The first-order chi connectivity index (χ1) is 32.5. The van der Waals surface area contributed by atoms with Crippen molar-refractivity contribution in [1.29, 1.82) is 0 Å². The molecule has 0 spiro atoms. The number of carbonyl (C=O) groups is 6. The Hall–Kier alpha value is -5.78. The molecule has 0 aromatic carbocycles. The van der Waals surface area contributed by atoms with Crippen molar-refractivity contribution in [3.8, 4) is 0 Å². The Balaban J connectivity index is 0.000000254. The van der Waals surface area contributed by atoms with E-state index >= 15 is 8.78 Å². The minimum absolute atomic E-state index is 0.0591. The first-order valence-corrected chi connectivity index (χ1v) is 23.8. The summed E-state index contributed by atoms with van der Waals surface area (Å²) in [6, 6.07) is -1.32. The molecule has 2 saturated carbocycles. The van der Waals surface area contributed by atoms with Crippen LogP contribution in [0.4, 0.5) is 41.6 Å². The van der Waals surface area contributed by atoms with Gasteiger partial charge in [-0.25, -0.2) is 9.59 Å². The number of hydrogen-bond acceptors (Lipinski definition) is 14. The Morgan fingerprint density at radius 3 is 1.28 bits per heavy atom. The molecule has 6 amide bonds. The number of anilines is 4. The van der Waals surface area contributed by atoms with Gasteiger partial charge in [-0.05, 0) is 86.4 Å². The van der Waals surface area contributed by atoms with Crippen LogP contribution in [0.5, 0.6) is 0 Å². The normalized spacial score (nSPS) is 19.9. The summed E-state index contributed by atoms with van der Waals surface area (Å²) in [6.45, 7) is 1.14. The molecule has 22 nitrogen and oxygen atoms in total. The molecule has 4 heterocycles. The third kappa shape index (κ3) is 16.2. The molecule has 4 atom stereocenters. The van der Waals surface area contributed by atoms with Crippen LogP contribution in [0.25, 0.3) is 0 Å². The molecule has 2 aliphatic heterocycles. The van der Waals surface area contributed by atoms with Gasteiger partial charge in [-0.15, -0.1) is 0 Å². The number of aromatic nitrogens is 4. The van der Waals surface area contributed by atoms with Crippen LogP contribution in [0.1, 0.15) is 103 Å². The maximum atomic E-state index is 15.1. The number of rotatable bonds is 18. The molecule has 2 aromatic heterocycles. The summed E-state index contributed by atoms with van der Waals surface area (Å²) in [6.07, 6.45) is 11.2. The molecule has 26 heteroatoms. The summed E-state index contributed by atoms with van der Waals surface area (Å²) in [7, 11) is 3.38. The number of carboxylic acid groups (broad SMARTS) is 2. The number of amides is 6. The van der Waals surface area contributed by atoms with E-state index in [4.69, 9.17) is 33.4 Å². The highest BCUT2D eigenvalue weighted by Gasteiger charge is 2.31. The molecule has 68 heavy (non-hydrogen) atoms. The zero-order chi connectivity index (χ0) is 49.3. The Morgan fingerprint density at radius 1 is 0.588 bits per heavy atom. The van der Waals surface area contributed by atoms with E-state index in [0.717, 1.165) is 77.0 Å². The Morgan fingerprint density at radius 2 is 0.926 bits per heavy atom. The first-order valence-electron chi connectivity index (χ1n) is 23.0. The zero-order valence-electron chi connectivity index (χ0n) is 38.1. The third-order valence-electron chi connectivity index (χ3n) is 12.6.